The first-order chi connectivity index (χ1) is 16.0. The molecule has 1 aliphatic rings. The average molecular weight is 448 g/mol. The van der Waals surface area contributed by atoms with Crippen LogP contribution in [0.5, 0.6) is 11.5 Å². The van der Waals surface area contributed by atoms with E-state index in [1.54, 1.807) is 48.7 Å². The van der Waals surface area contributed by atoms with E-state index >= 15 is 0 Å². The average Bonchev–Trinajstić information content (AvgIpc) is 3.08. The summed E-state index contributed by atoms with van der Waals surface area (Å²) in [4.78, 5) is 31.7. The molecule has 168 valence electrons. The Kier molecular flexibility index (Phi) is 6.08. The van der Waals surface area contributed by atoms with Crippen molar-refractivity contribution in [3.63, 3.8) is 0 Å². The maximum Gasteiger partial charge on any atom is 0.296 e. The largest absolute Gasteiger partial charge is 0.506 e. The maximum absolute atomic E-state index is 14.9. The number of ether oxygens (including phenoxy) is 2. The van der Waals surface area contributed by atoms with E-state index in [4.69, 9.17) is 9.47 Å². The number of amides is 1. The van der Waals surface area contributed by atoms with Crippen molar-refractivity contribution in [3.05, 3.63) is 95.1 Å². The van der Waals surface area contributed by atoms with Gasteiger partial charge in [0.2, 0.25) is 0 Å². The summed E-state index contributed by atoms with van der Waals surface area (Å²) >= 11 is 0. The number of nitrogens with zero attached hydrogens (tertiary/aromatic N) is 2. The van der Waals surface area contributed by atoms with Crippen molar-refractivity contribution in [1.29, 1.82) is 0 Å². The molecule has 2 heterocycles. The molecule has 1 N–H and O–H groups in total. The van der Waals surface area contributed by atoms with E-state index in [0.717, 1.165) is 0 Å². The Morgan fingerprint density at radius 2 is 1.67 bits per heavy atom. The van der Waals surface area contributed by atoms with Gasteiger partial charge in [-0.3, -0.25) is 14.6 Å². The van der Waals surface area contributed by atoms with Crippen LogP contribution in [0.2, 0.25) is 0 Å². The van der Waals surface area contributed by atoms with Crippen molar-refractivity contribution in [3.8, 4) is 11.5 Å². The predicted octanol–water partition coefficient (Wildman–Crippen LogP) is 3.86. The molecule has 1 aromatic heterocycles. The Hall–Kier alpha value is -4.20. The third-order valence-corrected chi connectivity index (χ3v) is 5.46. The first-order valence-corrected chi connectivity index (χ1v) is 10.1. The maximum atomic E-state index is 14.9. The van der Waals surface area contributed by atoms with Crippen LogP contribution in [-0.2, 0) is 16.1 Å². The van der Waals surface area contributed by atoms with Crippen LogP contribution >= 0.6 is 0 Å². The monoisotopic (exact) mass is 448 g/mol. The van der Waals surface area contributed by atoms with Crippen molar-refractivity contribution < 1.29 is 28.6 Å². The molecule has 0 radical (unpaired) electrons. The normalized spacial score (nSPS) is 17.3. The molecule has 33 heavy (non-hydrogen) atoms. The molecule has 0 bridgehead atoms. The lowest BCUT2D eigenvalue weighted by atomic mass is 9.94. The SMILES string of the molecule is COc1cccc(OC)c1/C(O)=C1\C(=O)C(=O)N(Cc2ccccn2)C1c1ccccc1F. The summed E-state index contributed by atoms with van der Waals surface area (Å²) in [7, 11) is 2.80. The minimum atomic E-state index is -1.18. The van der Waals surface area contributed by atoms with Crippen LogP contribution in [0.15, 0.2) is 72.4 Å². The van der Waals surface area contributed by atoms with Gasteiger partial charge in [0.25, 0.3) is 11.7 Å². The Morgan fingerprint density at radius 1 is 1.00 bits per heavy atom. The van der Waals surface area contributed by atoms with Crippen LogP contribution in [-0.4, -0.2) is 40.9 Å². The highest BCUT2D eigenvalue weighted by atomic mass is 19.1. The topological polar surface area (TPSA) is 89.0 Å². The highest BCUT2D eigenvalue weighted by Crippen LogP contribution is 2.44. The van der Waals surface area contributed by atoms with Gasteiger partial charge in [0, 0.05) is 11.8 Å². The quantitative estimate of drug-likeness (QED) is 0.350. The number of benzene rings is 2. The number of Topliss-reactive ketones (excluding diaryl/α,β-unsaturated/α-hetero) is 1. The van der Waals surface area contributed by atoms with Gasteiger partial charge in [-0.1, -0.05) is 30.3 Å². The number of aliphatic hydroxyl groups is 1. The Bertz CT molecular complexity index is 1220. The van der Waals surface area contributed by atoms with Gasteiger partial charge < -0.3 is 19.5 Å². The summed E-state index contributed by atoms with van der Waals surface area (Å²) < 4.78 is 25.6. The fourth-order valence-corrected chi connectivity index (χ4v) is 3.95. The van der Waals surface area contributed by atoms with Crippen LogP contribution in [0.25, 0.3) is 5.76 Å². The van der Waals surface area contributed by atoms with Gasteiger partial charge in [-0.2, -0.15) is 0 Å². The van der Waals surface area contributed by atoms with Crippen molar-refractivity contribution in [2.75, 3.05) is 14.2 Å². The standard InChI is InChI=1S/C25H21FN2O5/c1-32-18-11-7-12-19(33-2)20(18)23(29)21-22(16-9-3-4-10-17(16)26)28(25(31)24(21)30)14-15-8-5-6-13-27-15/h3-13,22,29H,14H2,1-2H3/b23-21+. The molecule has 0 spiro atoms. The molecule has 7 nitrogen and oxygen atoms in total. The van der Waals surface area contributed by atoms with Crippen molar-refractivity contribution in [1.82, 2.24) is 9.88 Å². The van der Waals surface area contributed by atoms with E-state index in [-0.39, 0.29) is 34.7 Å². The molecular formula is C25H21FN2O5. The van der Waals surface area contributed by atoms with Gasteiger partial charge in [0.15, 0.2) is 0 Å². The number of methoxy groups -OCH3 is 2. The lowest BCUT2D eigenvalue weighted by Gasteiger charge is -2.25. The van der Waals surface area contributed by atoms with Crippen molar-refractivity contribution in [2.45, 2.75) is 12.6 Å². The highest BCUT2D eigenvalue weighted by molar-refractivity contribution is 6.46. The fraction of sp³-hybridized carbons (Fsp3) is 0.160. The number of hydrogen-bond acceptors (Lipinski definition) is 6. The molecule has 8 heteroatoms. The summed E-state index contributed by atoms with van der Waals surface area (Å²) in [6, 6.07) is 14.6. The smallest absolute Gasteiger partial charge is 0.296 e. The number of hydrogen-bond donors (Lipinski definition) is 1. The third kappa shape index (κ3) is 3.91. The molecule has 2 aromatic carbocycles. The molecule has 0 saturated carbocycles. The Balaban J connectivity index is 1.96. The van der Waals surface area contributed by atoms with Crippen LogP contribution in [0.1, 0.15) is 22.9 Å². The molecule has 1 amide bonds. The number of halogens is 1. The lowest BCUT2D eigenvalue weighted by molar-refractivity contribution is -0.140. The number of carbonyl (C=O) groups excluding carboxylic acids is 2. The Labute approximate surface area is 189 Å². The summed E-state index contributed by atoms with van der Waals surface area (Å²) in [5.41, 5.74) is 0.419. The van der Waals surface area contributed by atoms with Crippen molar-refractivity contribution >= 4 is 17.4 Å². The number of carbonyl (C=O) groups is 2. The number of aromatic nitrogens is 1. The van der Waals surface area contributed by atoms with E-state index in [2.05, 4.69) is 4.98 Å². The van der Waals surface area contributed by atoms with E-state index in [9.17, 15) is 19.1 Å². The van der Waals surface area contributed by atoms with Crippen molar-refractivity contribution in [2.24, 2.45) is 0 Å². The van der Waals surface area contributed by atoms with Gasteiger partial charge in [-0.25, -0.2) is 4.39 Å². The molecule has 1 fully saturated rings. The molecule has 1 atom stereocenters. The van der Waals surface area contributed by atoms with Gasteiger partial charge in [-0.15, -0.1) is 0 Å². The van der Waals surface area contributed by atoms with Gasteiger partial charge in [0.1, 0.15) is 28.6 Å². The zero-order valence-corrected chi connectivity index (χ0v) is 18.0. The molecule has 0 aliphatic carbocycles. The number of likely N-dealkylation sites (tertiary alicyclic amines) is 1. The minimum absolute atomic E-state index is 0.0513. The Morgan fingerprint density at radius 3 is 2.27 bits per heavy atom. The second kappa shape index (κ2) is 9.12. The van der Waals surface area contributed by atoms with E-state index in [0.29, 0.717) is 5.69 Å². The zero-order chi connectivity index (χ0) is 23.5. The molecule has 1 unspecified atom stereocenters. The first-order valence-electron chi connectivity index (χ1n) is 10.1. The fourth-order valence-electron chi connectivity index (χ4n) is 3.95. The molecule has 1 aliphatic heterocycles. The number of pyridine rings is 1. The second-order valence-corrected chi connectivity index (χ2v) is 7.31. The molecule has 4 rings (SSSR count). The number of rotatable bonds is 6. The third-order valence-electron chi connectivity index (χ3n) is 5.46. The molecular weight excluding hydrogens is 427 g/mol. The molecule has 3 aromatic rings. The van der Waals surface area contributed by atoms with E-state index in [1.807, 2.05) is 0 Å². The van der Waals surface area contributed by atoms with Crippen LogP contribution in [0.3, 0.4) is 0 Å². The summed E-state index contributed by atoms with van der Waals surface area (Å²) in [6.45, 7) is -0.0513. The van der Waals surface area contributed by atoms with Crippen LogP contribution in [0, 0.1) is 5.82 Å². The lowest BCUT2D eigenvalue weighted by Crippen LogP contribution is -2.30. The van der Waals surface area contributed by atoms with Crippen LogP contribution < -0.4 is 9.47 Å². The second-order valence-electron chi connectivity index (χ2n) is 7.31. The minimum Gasteiger partial charge on any atom is -0.506 e. The summed E-state index contributed by atoms with van der Waals surface area (Å²) in [5, 5.41) is 11.3. The predicted molar refractivity (Wildman–Crippen MR) is 118 cm³/mol. The first kappa shape index (κ1) is 22.0. The molecule has 1 saturated heterocycles. The highest BCUT2D eigenvalue weighted by Gasteiger charge is 2.47. The zero-order valence-electron chi connectivity index (χ0n) is 18.0. The summed E-state index contributed by atoms with van der Waals surface area (Å²) in [5.74, 6) is -2.48. The van der Waals surface area contributed by atoms with E-state index < -0.39 is 29.3 Å². The van der Waals surface area contributed by atoms with Gasteiger partial charge in [-0.05, 0) is 30.3 Å². The number of ketones is 1. The van der Waals surface area contributed by atoms with Crippen LogP contribution in [0.4, 0.5) is 4.39 Å². The summed E-state index contributed by atoms with van der Waals surface area (Å²) in [6.07, 6.45) is 1.56. The number of aliphatic hydroxyl groups excluding tert-OH is 1. The van der Waals surface area contributed by atoms with Gasteiger partial charge in [0.05, 0.1) is 38.1 Å². The van der Waals surface area contributed by atoms with E-state index in [1.165, 1.54) is 37.3 Å². The van der Waals surface area contributed by atoms with Gasteiger partial charge >= 0.3 is 0 Å².